The highest BCUT2D eigenvalue weighted by molar-refractivity contribution is 5.79. The highest BCUT2D eigenvalue weighted by Crippen LogP contribution is 2.17. The minimum atomic E-state index is 0.0614. The summed E-state index contributed by atoms with van der Waals surface area (Å²) in [6.45, 7) is 4.96. The number of ether oxygens (including phenoxy) is 1. The first-order chi connectivity index (χ1) is 8.31. The topological polar surface area (TPSA) is 56.6 Å². The molecule has 2 aliphatic heterocycles. The van der Waals surface area contributed by atoms with Crippen molar-refractivity contribution in [3.05, 3.63) is 0 Å². The molecule has 0 aromatic carbocycles. The van der Waals surface area contributed by atoms with Crippen LogP contribution < -0.4 is 0 Å². The average molecular weight is 237 g/mol. The monoisotopic (exact) mass is 237 g/mol. The molecule has 0 N–H and O–H groups in total. The van der Waals surface area contributed by atoms with Gasteiger partial charge in [0, 0.05) is 32.8 Å². The van der Waals surface area contributed by atoms with E-state index in [1.807, 2.05) is 4.90 Å². The molecule has 5 nitrogen and oxygen atoms in total. The van der Waals surface area contributed by atoms with Crippen LogP contribution in [0.3, 0.4) is 0 Å². The molecule has 1 unspecified atom stereocenters. The fraction of sp³-hybridized carbons (Fsp3) is 0.833. The number of hydrogen-bond acceptors (Lipinski definition) is 4. The van der Waals surface area contributed by atoms with E-state index in [-0.39, 0.29) is 11.8 Å². The van der Waals surface area contributed by atoms with Crippen molar-refractivity contribution >= 4 is 5.91 Å². The number of nitrogens with zero attached hydrogens (tertiary/aromatic N) is 3. The number of rotatable bonds is 2. The van der Waals surface area contributed by atoms with Gasteiger partial charge in [0.2, 0.25) is 5.91 Å². The summed E-state index contributed by atoms with van der Waals surface area (Å²) >= 11 is 0. The molecule has 0 aliphatic carbocycles. The Morgan fingerprint density at radius 3 is 2.71 bits per heavy atom. The van der Waals surface area contributed by atoms with Crippen LogP contribution in [-0.2, 0) is 9.53 Å². The molecule has 0 aromatic heterocycles. The zero-order valence-corrected chi connectivity index (χ0v) is 10.1. The first-order valence-corrected chi connectivity index (χ1v) is 6.27. The summed E-state index contributed by atoms with van der Waals surface area (Å²) in [6.07, 6.45) is 1.95. The maximum atomic E-state index is 12.2. The predicted octanol–water partition coefficient (Wildman–Crippen LogP) is 0.0808. The predicted molar refractivity (Wildman–Crippen MR) is 62.2 cm³/mol. The maximum Gasteiger partial charge on any atom is 0.228 e. The first kappa shape index (κ1) is 12.3. The third-order valence-electron chi connectivity index (χ3n) is 3.49. The van der Waals surface area contributed by atoms with Gasteiger partial charge in [-0.05, 0) is 12.8 Å². The molecular weight excluding hydrogens is 218 g/mol. The quantitative estimate of drug-likeness (QED) is 0.638. The molecule has 17 heavy (non-hydrogen) atoms. The van der Waals surface area contributed by atoms with Gasteiger partial charge in [0.25, 0.3) is 0 Å². The number of piperazine rings is 1. The van der Waals surface area contributed by atoms with E-state index in [9.17, 15) is 4.79 Å². The normalized spacial score (nSPS) is 26.5. The van der Waals surface area contributed by atoms with Crippen molar-refractivity contribution in [1.29, 1.82) is 5.26 Å². The molecule has 1 atom stereocenters. The summed E-state index contributed by atoms with van der Waals surface area (Å²) < 4.78 is 5.35. The second kappa shape index (κ2) is 5.99. The zero-order valence-electron chi connectivity index (χ0n) is 10.1. The summed E-state index contributed by atoms with van der Waals surface area (Å²) in [4.78, 5) is 16.2. The Hall–Kier alpha value is -1.12. The summed E-state index contributed by atoms with van der Waals surface area (Å²) in [5.41, 5.74) is 0. The van der Waals surface area contributed by atoms with Crippen LogP contribution in [0.2, 0.25) is 0 Å². The highest BCUT2D eigenvalue weighted by Gasteiger charge is 2.28. The number of hydrogen-bond donors (Lipinski definition) is 0. The van der Waals surface area contributed by atoms with Gasteiger partial charge in [0.05, 0.1) is 25.1 Å². The largest absolute Gasteiger partial charge is 0.381 e. The zero-order chi connectivity index (χ0) is 12.1. The van der Waals surface area contributed by atoms with E-state index in [0.29, 0.717) is 13.2 Å². The molecule has 2 saturated heterocycles. The lowest BCUT2D eigenvalue weighted by atomic mass is 10.0. The molecule has 5 heteroatoms. The molecule has 1 amide bonds. The summed E-state index contributed by atoms with van der Waals surface area (Å²) in [5, 5.41) is 8.61. The lowest BCUT2D eigenvalue weighted by Gasteiger charge is -2.36. The second-order valence-electron chi connectivity index (χ2n) is 4.67. The Kier molecular flexibility index (Phi) is 4.35. The van der Waals surface area contributed by atoms with Crippen LogP contribution in [0.15, 0.2) is 0 Å². The lowest BCUT2D eigenvalue weighted by molar-refractivity contribution is -0.141. The molecule has 0 saturated carbocycles. The third-order valence-corrected chi connectivity index (χ3v) is 3.49. The van der Waals surface area contributed by atoms with Crippen molar-refractivity contribution in [2.24, 2.45) is 5.92 Å². The first-order valence-electron chi connectivity index (χ1n) is 6.27. The molecule has 0 spiro atoms. The Balaban J connectivity index is 1.79. The Labute approximate surface area is 102 Å². The number of nitriles is 1. The van der Waals surface area contributed by atoms with Crippen molar-refractivity contribution in [1.82, 2.24) is 9.80 Å². The smallest absolute Gasteiger partial charge is 0.228 e. The van der Waals surface area contributed by atoms with Crippen LogP contribution >= 0.6 is 0 Å². The van der Waals surface area contributed by atoms with Crippen LogP contribution in [0, 0.1) is 17.2 Å². The standard InChI is InChI=1S/C12H19N3O2/c13-3-4-14-5-7-15(8-6-14)12(16)11-2-1-9-17-10-11/h11H,1-2,4-10H2. The van der Waals surface area contributed by atoms with Gasteiger partial charge in [-0.3, -0.25) is 9.69 Å². The molecule has 2 rings (SSSR count). The van der Waals surface area contributed by atoms with Gasteiger partial charge in [-0.15, -0.1) is 0 Å². The average Bonchev–Trinajstić information content (AvgIpc) is 2.40. The molecule has 2 fully saturated rings. The van der Waals surface area contributed by atoms with Crippen molar-refractivity contribution in [2.45, 2.75) is 12.8 Å². The maximum absolute atomic E-state index is 12.2. The van der Waals surface area contributed by atoms with Crippen molar-refractivity contribution in [2.75, 3.05) is 45.9 Å². The minimum Gasteiger partial charge on any atom is -0.381 e. The molecular formula is C12H19N3O2. The van der Waals surface area contributed by atoms with Crippen LogP contribution in [0.4, 0.5) is 0 Å². The molecule has 2 aliphatic rings. The SMILES string of the molecule is N#CCN1CCN(C(=O)C2CCCOC2)CC1. The van der Waals surface area contributed by atoms with Gasteiger partial charge >= 0.3 is 0 Å². The van der Waals surface area contributed by atoms with E-state index in [2.05, 4.69) is 11.0 Å². The summed E-state index contributed by atoms with van der Waals surface area (Å²) in [6, 6.07) is 2.15. The second-order valence-corrected chi connectivity index (χ2v) is 4.67. The lowest BCUT2D eigenvalue weighted by Crippen LogP contribution is -2.51. The van der Waals surface area contributed by atoms with Gasteiger partial charge in [-0.1, -0.05) is 0 Å². The molecule has 0 radical (unpaired) electrons. The third kappa shape index (κ3) is 3.18. The van der Waals surface area contributed by atoms with Crippen molar-refractivity contribution in [3.8, 4) is 6.07 Å². The number of carbonyl (C=O) groups excluding carboxylic acids is 1. The van der Waals surface area contributed by atoms with Crippen LogP contribution in [0.25, 0.3) is 0 Å². The Morgan fingerprint density at radius 1 is 1.35 bits per heavy atom. The minimum absolute atomic E-state index is 0.0614. The van der Waals surface area contributed by atoms with Gasteiger partial charge < -0.3 is 9.64 Å². The van der Waals surface area contributed by atoms with Gasteiger partial charge in [0.15, 0.2) is 0 Å². The summed E-state index contributed by atoms with van der Waals surface area (Å²) in [7, 11) is 0. The van der Waals surface area contributed by atoms with E-state index in [0.717, 1.165) is 45.6 Å². The van der Waals surface area contributed by atoms with Crippen LogP contribution in [-0.4, -0.2) is 61.6 Å². The fourth-order valence-corrected chi connectivity index (χ4v) is 2.42. The van der Waals surface area contributed by atoms with E-state index in [4.69, 9.17) is 10.00 Å². The van der Waals surface area contributed by atoms with Gasteiger partial charge in [0.1, 0.15) is 0 Å². The van der Waals surface area contributed by atoms with Gasteiger partial charge in [-0.2, -0.15) is 5.26 Å². The molecule has 0 bridgehead atoms. The fourth-order valence-electron chi connectivity index (χ4n) is 2.42. The Bertz CT molecular complexity index is 299. The summed E-state index contributed by atoms with van der Waals surface area (Å²) in [5.74, 6) is 0.299. The van der Waals surface area contributed by atoms with Crippen LogP contribution in [0.1, 0.15) is 12.8 Å². The van der Waals surface area contributed by atoms with E-state index in [1.54, 1.807) is 0 Å². The number of carbonyl (C=O) groups is 1. The van der Waals surface area contributed by atoms with E-state index in [1.165, 1.54) is 0 Å². The molecule has 94 valence electrons. The van der Waals surface area contributed by atoms with Gasteiger partial charge in [-0.25, -0.2) is 0 Å². The van der Waals surface area contributed by atoms with E-state index < -0.39 is 0 Å². The van der Waals surface area contributed by atoms with Crippen molar-refractivity contribution in [3.63, 3.8) is 0 Å². The number of amides is 1. The molecule has 2 heterocycles. The Morgan fingerprint density at radius 2 is 2.12 bits per heavy atom. The van der Waals surface area contributed by atoms with E-state index >= 15 is 0 Å². The molecule has 0 aromatic rings. The highest BCUT2D eigenvalue weighted by atomic mass is 16.5. The van der Waals surface area contributed by atoms with Crippen molar-refractivity contribution < 1.29 is 9.53 Å². The van der Waals surface area contributed by atoms with Crippen LogP contribution in [0.5, 0.6) is 0 Å².